The zero-order valence-electron chi connectivity index (χ0n) is 25.9. The molecular formula is C33H53NO9. The number of unbranched alkanes of at least 4 members (excludes halogenated alkanes) is 10. The molecule has 0 bridgehead atoms. The lowest BCUT2D eigenvalue weighted by Gasteiger charge is -2.21. The minimum absolute atomic E-state index is 0.109. The van der Waals surface area contributed by atoms with Crippen LogP contribution in [0.1, 0.15) is 128 Å². The molecule has 10 heteroatoms. The molecular weight excluding hydrogens is 554 g/mol. The largest absolute Gasteiger partial charge is 0.504 e. The molecule has 1 unspecified atom stereocenters. The molecule has 0 radical (unpaired) electrons. The van der Waals surface area contributed by atoms with Gasteiger partial charge in [0.15, 0.2) is 11.5 Å². The Kier molecular flexibility index (Phi) is 20.3. The van der Waals surface area contributed by atoms with Crippen molar-refractivity contribution in [2.75, 3.05) is 6.61 Å². The molecule has 43 heavy (non-hydrogen) atoms. The lowest BCUT2D eigenvalue weighted by Crippen LogP contribution is -2.43. The molecule has 0 spiro atoms. The second kappa shape index (κ2) is 23.2. The van der Waals surface area contributed by atoms with Gasteiger partial charge in [-0.3, -0.25) is 14.4 Å². The summed E-state index contributed by atoms with van der Waals surface area (Å²) in [5, 5.41) is 40.0. The lowest BCUT2D eigenvalue weighted by molar-refractivity contribution is -0.149. The molecule has 0 aliphatic heterocycles. The highest BCUT2D eigenvalue weighted by Gasteiger charge is 2.24. The molecule has 10 nitrogen and oxygen atoms in total. The maximum atomic E-state index is 13.2. The topological polar surface area (TPSA) is 170 Å². The Bertz CT molecular complexity index is 966. The number of carboxylic acids is 2. The third-order valence-electron chi connectivity index (χ3n) is 7.57. The van der Waals surface area contributed by atoms with Crippen LogP contribution in [0.25, 0.3) is 0 Å². The average Bonchev–Trinajstić information content (AvgIpc) is 2.95. The summed E-state index contributed by atoms with van der Waals surface area (Å²) in [5.41, 5.74) is 0.573. The van der Waals surface area contributed by atoms with Gasteiger partial charge in [-0.1, -0.05) is 77.2 Å². The Labute approximate surface area is 256 Å². The first kappa shape index (κ1) is 37.7. The number of carbonyl (C=O) groups is 4. The zero-order chi connectivity index (χ0) is 31.9. The van der Waals surface area contributed by atoms with Crippen LogP contribution in [0.15, 0.2) is 18.2 Å². The first-order valence-corrected chi connectivity index (χ1v) is 16.0. The molecule has 0 saturated carbocycles. The minimum Gasteiger partial charge on any atom is -0.504 e. The summed E-state index contributed by atoms with van der Waals surface area (Å²) in [6.07, 6.45) is 13.8. The number of amides is 1. The Balaban J connectivity index is 2.75. The van der Waals surface area contributed by atoms with Gasteiger partial charge in [-0.25, -0.2) is 4.79 Å². The first-order valence-electron chi connectivity index (χ1n) is 16.0. The standard InChI is InChI=1S/C33H53NO9/c1-2-3-4-12-17-30(37)34-27(22-26-20-21-28(35)29(36)23-26)33(42)43-24-25(16-11-8-9-14-19-32(40)41)15-10-6-5-7-13-18-31(38)39/h20-21,23,25,27,35-36H,2-19,22,24H2,1H3,(H,34,37)(H,38,39)(H,40,41)/t25?,27-/m0/s1. The maximum absolute atomic E-state index is 13.2. The van der Waals surface area contributed by atoms with Crippen molar-refractivity contribution in [3.8, 4) is 11.5 Å². The van der Waals surface area contributed by atoms with Crippen LogP contribution in [0.5, 0.6) is 11.5 Å². The van der Waals surface area contributed by atoms with Gasteiger partial charge >= 0.3 is 17.9 Å². The van der Waals surface area contributed by atoms with Crippen molar-refractivity contribution < 1.29 is 44.3 Å². The molecule has 244 valence electrons. The number of nitrogens with one attached hydrogen (secondary N) is 1. The molecule has 1 aromatic carbocycles. The average molecular weight is 608 g/mol. The van der Waals surface area contributed by atoms with Crippen molar-refractivity contribution in [2.45, 2.75) is 135 Å². The Morgan fingerprint density at radius 1 is 0.721 bits per heavy atom. The number of esters is 1. The number of phenols is 2. The fourth-order valence-corrected chi connectivity index (χ4v) is 5.02. The van der Waals surface area contributed by atoms with E-state index in [-0.39, 0.29) is 49.2 Å². The van der Waals surface area contributed by atoms with Crippen molar-refractivity contribution in [1.29, 1.82) is 0 Å². The molecule has 0 saturated heterocycles. The molecule has 5 N–H and O–H groups in total. The number of hydrogen-bond acceptors (Lipinski definition) is 7. The van der Waals surface area contributed by atoms with Crippen LogP contribution in [0.2, 0.25) is 0 Å². The quantitative estimate of drug-likeness (QED) is 0.0448. The highest BCUT2D eigenvalue weighted by molar-refractivity contribution is 5.84. The van der Waals surface area contributed by atoms with Crippen LogP contribution in [0.4, 0.5) is 0 Å². The summed E-state index contributed by atoms with van der Waals surface area (Å²) >= 11 is 0. The highest BCUT2D eigenvalue weighted by atomic mass is 16.5. The summed E-state index contributed by atoms with van der Waals surface area (Å²) < 4.78 is 5.76. The zero-order valence-corrected chi connectivity index (χ0v) is 25.9. The monoisotopic (exact) mass is 607 g/mol. The number of ether oxygens (including phenoxy) is 1. The minimum atomic E-state index is -0.937. The molecule has 0 aliphatic carbocycles. The number of aliphatic carboxylic acids is 2. The van der Waals surface area contributed by atoms with Crippen LogP contribution in [-0.4, -0.2) is 56.9 Å². The summed E-state index contributed by atoms with van der Waals surface area (Å²) in [6, 6.07) is 3.36. The Hall–Kier alpha value is -3.30. The number of benzene rings is 1. The van der Waals surface area contributed by atoms with E-state index in [0.717, 1.165) is 83.5 Å². The third kappa shape index (κ3) is 19.5. The number of aromatic hydroxyl groups is 2. The first-order chi connectivity index (χ1) is 20.6. The number of phenolic OH excluding ortho intramolecular Hbond substituents is 2. The molecule has 0 heterocycles. The smallest absolute Gasteiger partial charge is 0.328 e. The van der Waals surface area contributed by atoms with E-state index in [1.165, 1.54) is 12.1 Å². The van der Waals surface area contributed by atoms with E-state index in [9.17, 15) is 29.4 Å². The van der Waals surface area contributed by atoms with E-state index in [2.05, 4.69) is 12.2 Å². The van der Waals surface area contributed by atoms with Gasteiger partial charge in [-0.2, -0.15) is 0 Å². The van der Waals surface area contributed by atoms with Crippen LogP contribution >= 0.6 is 0 Å². The van der Waals surface area contributed by atoms with Gasteiger partial charge in [0, 0.05) is 25.7 Å². The van der Waals surface area contributed by atoms with Crippen molar-refractivity contribution in [1.82, 2.24) is 5.32 Å². The summed E-state index contributed by atoms with van der Waals surface area (Å²) in [4.78, 5) is 47.3. The number of carboxylic acid groups (broad SMARTS) is 2. The second-order valence-corrected chi connectivity index (χ2v) is 11.5. The van der Waals surface area contributed by atoms with Crippen molar-refractivity contribution >= 4 is 23.8 Å². The van der Waals surface area contributed by atoms with Crippen molar-refractivity contribution in [3.05, 3.63) is 23.8 Å². The molecule has 0 fully saturated rings. The van der Waals surface area contributed by atoms with E-state index in [4.69, 9.17) is 14.9 Å². The fourth-order valence-electron chi connectivity index (χ4n) is 5.02. The lowest BCUT2D eigenvalue weighted by atomic mass is 9.94. The third-order valence-corrected chi connectivity index (χ3v) is 7.57. The van der Waals surface area contributed by atoms with Crippen LogP contribution in [-0.2, 0) is 30.3 Å². The van der Waals surface area contributed by atoms with E-state index in [0.29, 0.717) is 24.8 Å². The fraction of sp³-hybridized carbons (Fsp3) is 0.697. The van der Waals surface area contributed by atoms with E-state index in [1.54, 1.807) is 6.07 Å². The van der Waals surface area contributed by atoms with Gasteiger partial charge < -0.3 is 30.5 Å². The van der Waals surface area contributed by atoms with Crippen molar-refractivity contribution in [2.24, 2.45) is 5.92 Å². The number of rotatable bonds is 26. The molecule has 0 aliphatic rings. The van der Waals surface area contributed by atoms with E-state index < -0.39 is 23.9 Å². The van der Waals surface area contributed by atoms with Gasteiger partial charge in [0.1, 0.15) is 6.04 Å². The van der Waals surface area contributed by atoms with Gasteiger partial charge in [0.2, 0.25) is 5.91 Å². The molecule has 0 aromatic heterocycles. The Morgan fingerprint density at radius 3 is 1.81 bits per heavy atom. The molecule has 2 atom stereocenters. The summed E-state index contributed by atoms with van der Waals surface area (Å²) in [7, 11) is 0. The highest BCUT2D eigenvalue weighted by Crippen LogP contribution is 2.26. The predicted molar refractivity (Wildman–Crippen MR) is 164 cm³/mol. The van der Waals surface area contributed by atoms with Gasteiger partial charge in [0.05, 0.1) is 6.61 Å². The molecule has 1 amide bonds. The Morgan fingerprint density at radius 2 is 1.26 bits per heavy atom. The van der Waals surface area contributed by atoms with Gasteiger partial charge in [0.25, 0.3) is 0 Å². The number of carbonyl (C=O) groups excluding carboxylic acids is 2. The molecule has 1 aromatic rings. The summed E-state index contributed by atoms with van der Waals surface area (Å²) in [6.45, 7) is 2.30. The second-order valence-electron chi connectivity index (χ2n) is 11.5. The SMILES string of the molecule is CCCCCCC(=O)N[C@@H](Cc1ccc(O)c(O)c1)C(=O)OCC(CCCCCCCC(=O)O)CCCCCCC(=O)O. The normalized spacial score (nSPS) is 12.4. The van der Waals surface area contributed by atoms with Crippen molar-refractivity contribution in [3.63, 3.8) is 0 Å². The van der Waals surface area contributed by atoms with Crippen LogP contribution < -0.4 is 5.32 Å². The van der Waals surface area contributed by atoms with E-state index >= 15 is 0 Å². The van der Waals surface area contributed by atoms with Gasteiger partial charge in [-0.15, -0.1) is 0 Å². The maximum Gasteiger partial charge on any atom is 0.328 e. The van der Waals surface area contributed by atoms with Gasteiger partial charge in [-0.05, 0) is 55.7 Å². The van der Waals surface area contributed by atoms with Crippen LogP contribution in [0, 0.1) is 5.92 Å². The predicted octanol–water partition coefficient (Wildman–Crippen LogP) is 6.50. The van der Waals surface area contributed by atoms with Crippen LogP contribution in [0.3, 0.4) is 0 Å². The molecule has 1 rings (SSSR count). The van der Waals surface area contributed by atoms with E-state index in [1.807, 2.05) is 0 Å². The summed E-state index contributed by atoms with van der Waals surface area (Å²) in [5.74, 6) is -2.81. The number of hydrogen-bond donors (Lipinski definition) is 5.